The molecule has 21 heavy (non-hydrogen) atoms. The molecule has 1 aromatic carbocycles. The third-order valence-corrected chi connectivity index (χ3v) is 4.53. The van der Waals surface area contributed by atoms with Crippen LogP contribution in [0.5, 0.6) is 0 Å². The maximum absolute atomic E-state index is 13.1. The van der Waals surface area contributed by atoms with E-state index in [1.54, 1.807) is 12.1 Å². The number of hydrogen-bond donors (Lipinski definition) is 0. The Morgan fingerprint density at radius 3 is 2.52 bits per heavy atom. The van der Waals surface area contributed by atoms with E-state index in [4.69, 9.17) is 9.47 Å². The molecule has 3 nitrogen and oxygen atoms in total. The van der Waals surface area contributed by atoms with E-state index < -0.39 is 0 Å². The Morgan fingerprint density at radius 2 is 1.90 bits per heavy atom. The van der Waals surface area contributed by atoms with Crippen LogP contribution in [0.1, 0.15) is 37.7 Å². The molecule has 0 bridgehead atoms. The van der Waals surface area contributed by atoms with Crippen molar-refractivity contribution in [3.63, 3.8) is 0 Å². The van der Waals surface area contributed by atoms with E-state index in [1.807, 2.05) is 0 Å². The lowest BCUT2D eigenvalue weighted by atomic mass is 9.84. The molecule has 0 N–H and O–H groups in total. The first-order chi connectivity index (χ1) is 10.1. The Morgan fingerprint density at radius 1 is 1.24 bits per heavy atom. The van der Waals surface area contributed by atoms with E-state index in [0.29, 0.717) is 12.0 Å². The van der Waals surface area contributed by atoms with Gasteiger partial charge in [0.1, 0.15) is 5.82 Å². The summed E-state index contributed by atoms with van der Waals surface area (Å²) in [6.45, 7) is 0.277. The van der Waals surface area contributed by atoms with Crippen molar-refractivity contribution in [2.24, 2.45) is 0 Å². The van der Waals surface area contributed by atoms with E-state index in [2.05, 4.69) is 0 Å². The molecule has 0 unspecified atom stereocenters. The normalized spacial score (nSPS) is 20.9. The molecule has 1 fully saturated rings. The highest BCUT2D eigenvalue weighted by atomic mass is 19.1. The van der Waals surface area contributed by atoms with E-state index in [1.165, 1.54) is 19.2 Å². The molecule has 0 radical (unpaired) electrons. The minimum atomic E-state index is -0.359. The lowest BCUT2D eigenvalue weighted by Gasteiger charge is -2.36. The van der Waals surface area contributed by atoms with Gasteiger partial charge in [-0.05, 0) is 36.1 Å². The molecule has 2 aliphatic rings. The smallest absolute Gasteiger partial charge is 0.336 e. The molecule has 0 saturated heterocycles. The lowest BCUT2D eigenvalue weighted by molar-refractivity contribution is -0.138. The second-order valence-corrected chi connectivity index (χ2v) is 5.81. The number of benzene rings is 1. The van der Waals surface area contributed by atoms with Crippen molar-refractivity contribution in [3.8, 4) is 0 Å². The van der Waals surface area contributed by atoms with Crippen LogP contribution in [-0.2, 0) is 14.3 Å². The average Bonchev–Trinajstić information content (AvgIpc) is 2.95. The van der Waals surface area contributed by atoms with Crippen LogP contribution >= 0.6 is 0 Å². The third-order valence-electron chi connectivity index (χ3n) is 4.53. The summed E-state index contributed by atoms with van der Waals surface area (Å²) in [6.07, 6.45) is 5.05. The van der Waals surface area contributed by atoms with E-state index in [-0.39, 0.29) is 24.0 Å². The van der Waals surface area contributed by atoms with Gasteiger partial charge in [0.05, 0.1) is 24.9 Å². The van der Waals surface area contributed by atoms with Crippen molar-refractivity contribution in [2.75, 3.05) is 13.7 Å². The SMILES string of the molecule is COC(=O)C1=C(c2ccc(F)cc2)CC2(CCCC2)OC1. The molecule has 1 aliphatic heterocycles. The third kappa shape index (κ3) is 2.72. The molecule has 0 aromatic heterocycles. The van der Waals surface area contributed by atoms with Gasteiger partial charge in [-0.15, -0.1) is 0 Å². The maximum atomic E-state index is 13.1. The van der Waals surface area contributed by atoms with Crippen LogP contribution in [0.4, 0.5) is 4.39 Å². The molecule has 0 amide bonds. The van der Waals surface area contributed by atoms with Gasteiger partial charge in [-0.1, -0.05) is 25.0 Å². The van der Waals surface area contributed by atoms with Gasteiger partial charge in [-0.2, -0.15) is 0 Å². The summed E-state index contributed by atoms with van der Waals surface area (Å²) in [7, 11) is 1.37. The van der Waals surface area contributed by atoms with Crippen molar-refractivity contribution in [3.05, 3.63) is 41.2 Å². The van der Waals surface area contributed by atoms with Gasteiger partial charge in [0.15, 0.2) is 0 Å². The predicted octanol–water partition coefficient (Wildman–Crippen LogP) is 3.49. The quantitative estimate of drug-likeness (QED) is 0.782. The summed E-state index contributed by atoms with van der Waals surface area (Å²) in [5, 5.41) is 0. The zero-order chi connectivity index (χ0) is 14.9. The Bertz CT molecular complexity index is 568. The van der Waals surface area contributed by atoms with Gasteiger partial charge in [-0.25, -0.2) is 9.18 Å². The second kappa shape index (κ2) is 5.60. The molecule has 3 rings (SSSR count). The first kappa shape index (κ1) is 14.3. The maximum Gasteiger partial charge on any atom is 0.336 e. The Balaban J connectivity index is 2.01. The molecule has 1 spiro atoms. The van der Waals surface area contributed by atoms with Crippen molar-refractivity contribution >= 4 is 11.5 Å². The van der Waals surface area contributed by atoms with Crippen LogP contribution in [0.25, 0.3) is 5.57 Å². The molecule has 1 saturated carbocycles. The molecule has 1 aliphatic carbocycles. The van der Waals surface area contributed by atoms with Crippen LogP contribution < -0.4 is 0 Å². The Labute approximate surface area is 123 Å². The summed E-state index contributed by atoms with van der Waals surface area (Å²) >= 11 is 0. The highest BCUT2D eigenvalue weighted by molar-refractivity contribution is 5.98. The molecular weight excluding hydrogens is 271 g/mol. The zero-order valence-corrected chi connectivity index (χ0v) is 12.2. The molecular formula is C17H19FO3. The number of ether oxygens (including phenoxy) is 2. The average molecular weight is 290 g/mol. The number of hydrogen-bond acceptors (Lipinski definition) is 3. The number of carbonyl (C=O) groups excluding carboxylic acids is 1. The van der Waals surface area contributed by atoms with Gasteiger partial charge < -0.3 is 9.47 Å². The molecule has 4 heteroatoms. The topological polar surface area (TPSA) is 35.5 Å². The fourth-order valence-corrected chi connectivity index (χ4v) is 3.37. The van der Waals surface area contributed by atoms with Crippen LogP contribution in [0.2, 0.25) is 0 Å². The molecule has 1 heterocycles. The number of rotatable bonds is 2. The van der Waals surface area contributed by atoms with Crippen LogP contribution in [-0.4, -0.2) is 25.3 Å². The fourth-order valence-electron chi connectivity index (χ4n) is 3.37. The summed E-state index contributed by atoms with van der Waals surface area (Å²) in [6, 6.07) is 6.30. The zero-order valence-electron chi connectivity index (χ0n) is 12.2. The van der Waals surface area contributed by atoms with Crippen molar-refractivity contribution in [2.45, 2.75) is 37.7 Å². The lowest BCUT2D eigenvalue weighted by Crippen LogP contribution is -2.36. The van der Waals surface area contributed by atoms with E-state index >= 15 is 0 Å². The predicted molar refractivity (Wildman–Crippen MR) is 77.1 cm³/mol. The minimum absolute atomic E-state index is 0.152. The van der Waals surface area contributed by atoms with Crippen LogP contribution in [0, 0.1) is 5.82 Å². The molecule has 112 valence electrons. The summed E-state index contributed by atoms with van der Waals surface area (Å²) < 4.78 is 24.0. The van der Waals surface area contributed by atoms with Gasteiger partial charge in [0, 0.05) is 6.42 Å². The van der Waals surface area contributed by atoms with Crippen molar-refractivity contribution in [1.82, 2.24) is 0 Å². The van der Waals surface area contributed by atoms with Crippen molar-refractivity contribution < 1.29 is 18.7 Å². The second-order valence-electron chi connectivity index (χ2n) is 5.81. The van der Waals surface area contributed by atoms with E-state index in [0.717, 1.165) is 36.8 Å². The highest BCUT2D eigenvalue weighted by Gasteiger charge is 2.40. The Hall–Kier alpha value is -1.68. The summed E-state index contributed by atoms with van der Waals surface area (Å²) in [4.78, 5) is 12.0. The number of esters is 1. The number of carbonyl (C=O) groups is 1. The monoisotopic (exact) mass is 290 g/mol. The van der Waals surface area contributed by atoms with Crippen LogP contribution in [0.3, 0.4) is 0 Å². The minimum Gasteiger partial charge on any atom is -0.466 e. The van der Waals surface area contributed by atoms with Crippen LogP contribution in [0.15, 0.2) is 29.8 Å². The highest BCUT2D eigenvalue weighted by Crippen LogP contribution is 2.44. The van der Waals surface area contributed by atoms with E-state index in [9.17, 15) is 9.18 Å². The van der Waals surface area contributed by atoms with Crippen molar-refractivity contribution in [1.29, 1.82) is 0 Å². The van der Waals surface area contributed by atoms with Gasteiger partial charge in [0.25, 0.3) is 0 Å². The van der Waals surface area contributed by atoms with Gasteiger partial charge in [-0.3, -0.25) is 0 Å². The van der Waals surface area contributed by atoms with Gasteiger partial charge >= 0.3 is 5.97 Å². The fraction of sp³-hybridized carbons (Fsp3) is 0.471. The Kier molecular flexibility index (Phi) is 3.81. The molecule has 1 aromatic rings. The standard InChI is InChI=1S/C17H19FO3/c1-20-16(19)15-11-21-17(8-2-3-9-17)10-14(15)12-4-6-13(18)7-5-12/h4-7H,2-3,8-11H2,1H3. The number of halogens is 1. The summed E-state index contributed by atoms with van der Waals surface area (Å²) in [5.74, 6) is -0.635. The first-order valence-corrected chi connectivity index (χ1v) is 7.34. The largest absolute Gasteiger partial charge is 0.466 e. The van der Waals surface area contributed by atoms with Gasteiger partial charge in [0.2, 0.25) is 0 Å². The molecule has 0 atom stereocenters. The summed E-state index contributed by atoms with van der Waals surface area (Å²) in [5.41, 5.74) is 2.23. The first-order valence-electron chi connectivity index (χ1n) is 7.34. The number of methoxy groups -OCH3 is 1.